The van der Waals surface area contributed by atoms with Crippen LogP contribution in [0.2, 0.25) is 0 Å². The number of hydrogen-bond acceptors (Lipinski definition) is 6. The largest absolute Gasteiger partial charge is 0.375 e. The molecule has 9 heteroatoms. The maximum atomic E-state index is 12.3. The van der Waals surface area contributed by atoms with Crippen molar-refractivity contribution in [2.24, 2.45) is 0 Å². The zero-order valence-electron chi connectivity index (χ0n) is 15.7. The lowest BCUT2D eigenvalue weighted by molar-refractivity contribution is -0.119. The van der Waals surface area contributed by atoms with Gasteiger partial charge in [0.1, 0.15) is 6.61 Å². The molecule has 0 aliphatic carbocycles. The first-order valence-electron chi connectivity index (χ1n) is 9.12. The smallest absolute Gasteiger partial charge is 0.319 e. The maximum absolute atomic E-state index is 12.3. The van der Waals surface area contributed by atoms with Gasteiger partial charge >= 0.3 is 6.03 Å². The highest BCUT2D eigenvalue weighted by Gasteiger charge is 2.22. The Morgan fingerprint density at radius 2 is 1.82 bits per heavy atom. The predicted molar refractivity (Wildman–Crippen MR) is 106 cm³/mol. The van der Waals surface area contributed by atoms with E-state index in [9.17, 15) is 9.59 Å². The fourth-order valence-electron chi connectivity index (χ4n) is 3.05. The van der Waals surface area contributed by atoms with Crippen molar-refractivity contribution in [2.75, 3.05) is 42.3 Å². The van der Waals surface area contributed by atoms with Crippen LogP contribution in [-0.2, 0) is 9.53 Å². The monoisotopic (exact) mass is 384 g/mol. The van der Waals surface area contributed by atoms with Gasteiger partial charge in [-0.3, -0.25) is 4.79 Å². The molecule has 148 valence electrons. The van der Waals surface area contributed by atoms with Gasteiger partial charge in [0.05, 0.1) is 0 Å². The van der Waals surface area contributed by atoms with E-state index in [2.05, 4.69) is 30.8 Å². The SMILES string of the molecule is COCC(=O)Nc1ccc(NC(=O)NC2CCCN(c3ncccn3)C2)cc1. The molecule has 1 aliphatic heterocycles. The number of aromatic nitrogens is 2. The first kappa shape index (κ1) is 19.6. The summed E-state index contributed by atoms with van der Waals surface area (Å²) < 4.78 is 4.77. The van der Waals surface area contributed by atoms with Crippen LogP contribution in [-0.4, -0.2) is 54.8 Å². The number of hydrogen-bond donors (Lipinski definition) is 3. The van der Waals surface area contributed by atoms with Crippen LogP contribution >= 0.6 is 0 Å². The summed E-state index contributed by atoms with van der Waals surface area (Å²) in [5.74, 6) is 0.450. The van der Waals surface area contributed by atoms with Gasteiger partial charge in [-0.2, -0.15) is 0 Å². The molecule has 1 saturated heterocycles. The van der Waals surface area contributed by atoms with Crippen molar-refractivity contribution >= 4 is 29.3 Å². The Kier molecular flexibility index (Phi) is 6.74. The molecule has 1 aliphatic rings. The van der Waals surface area contributed by atoms with Gasteiger partial charge in [-0.05, 0) is 43.2 Å². The standard InChI is InChI=1S/C19H24N6O3/c1-28-13-17(26)22-14-5-7-15(8-6-14)23-19(27)24-16-4-2-11-25(12-16)18-20-9-3-10-21-18/h3,5-10,16H,2,4,11-13H2,1H3,(H,22,26)(H2,23,24,27). The molecule has 1 fully saturated rings. The van der Waals surface area contributed by atoms with Gasteiger partial charge in [-0.25, -0.2) is 14.8 Å². The van der Waals surface area contributed by atoms with Gasteiger partial charge in [0.2, 0.25) is 11.9 Å². The molecule has 9 nitrogen and oxygen atoms in total. The van der Waals surface area contributed by atoms with Crippen molar-refractivity contribution in [3.8, 4) is 0 Å². The number of piperidine rings is 1. The Labute approximate surface area is 163 Å². The number of amides is 3. The fourth-order valence-corrected chi connectivity index (χ4v) is 3.05. The minimum atomic E-state index is -0.267. The molecule has 2 aromatic rings. The summed E-state index contributed by atoms with van der Waals surface area (Å²) in [6.07, 6.45) is 5.29. The quantitative estimate of drug-likeness (QED) is 0.701. The Balaban J connectivity index is 1.49. The van der Waals surface area contributed by atoms with E-state index in [4.69, 9.17) is 4.74 Å². The molecular formula is C19H24N6O3. The van der Waals surface area contributed by atoms with E-state index in [0.717, 1.165) is 19.4 Å². The van der Waals surface area contributed by atoms with Crippen LogP contribution in [0.4, 0.5) is 22.1 Å². The van der Waals surface area contributed by atoms with E-state index in [-0.39, 0.29) is 24.6 Å². The minimum absolute atomic E-state index is 0.00512. The zero-order chi connectivity index (χ0) is 19.8. The van der Waals surface area contributed by atoms with Gasteiger partial charge < -0.3 is 25.6 Å². The van der Waals surface area contributed by atoms with Gasteiger partial charge in [0.15, 0.2) is 0 Å². The normalized spacial score (nSPS) is 16.3. The summed E-state index contributed by atoms with van der Waals surface area (Å²) >= 11 is 0. The Bertz CT molecular complexity index is 784. The molecule has 0 saturated carbocycles. The van der Waals surface area contributed by atoms with Crippen LogP contribution in [0.25, 0.3) is 0 Å². The van der Waals surface area contributed by atoms with Crippen LogP contribution in [0.1, 0.15) is 12.8 Å². The summed E-state index contributed by atoms with van der Waals surface area (Å²) in [6.45, 7) is 1.54. The van der Waals surface area contributed by atoms with E-state index in [1.807, 2.05) is 0 Å². The van der Waals surface area contributed by atoms with Crippen LogP contribution in [0.15, 0.2) is 42.7 Å². The van der Waals surface area contributed by atoms with Gasteiger partial charge in [0, 0.05) is 50.0 Å². The second kappa shape index (κ2) is 9.65. The summed E-state index contributed by atoms with van der Waals surface area (Å²) in [7, 11) is 1.46. The number of nitrogens with zero attached hydrogens (tertiary/aromatic N) is 3. The number of carbonyl (C=O) groups is 2. The molecular weight excluding hydrogens is 360 g/mol. The van der Waals surface area contributed by atoms with Gasteiger partial charge in [0.25, 0.3) is 0 Å². The summed E-state index contributed by atoms with van der Waals surface area (Å²) in [5, 5.41) is 8.51. The van der Waals surface area contributed by atoms with E-state index >= 15 is 0 Å². The lowest BCUT2D eigenvalue weighted by Crippen LogP contribution is -2.49. The lowest BCUT2D eigenvalue weighted by atomic mass is 10.1. The van der Waals surface area contributed by atoms with Crippen molar-refractivity contribution in [3.05, 3.63) is 42.7 Å². The molecule has 1 aromatic heterocycles. The average Bonchev–Trinajstić information content (AvgIpc) is 2.70. The second-order valence-corrected chi connectivity index (χ2v) is 6.49. The Morgan fingerprint density at radius 3 is 2.50 bits per heavy atom. The molecule has 0 spiro atoms. The fraction of sp³-hybridized carbons (Fsp3) is 0.368. The van der Waals surface area contributed by atoms with Crippen LogP contribution < -0.4 is 20.9 Å². The highest BCUT2D eigenvalue weighted by molar-refractivity contribution is 5.93. The van der Waals surface area contributed by atoms with E-state index in [1.165, 1.54) is 7.11 Å². The molecule has 3 rings (SSSR count). The van der Waals surface area contributed by atoms with E-state index in [1.54, 1.807) is 42.7 Å². The highest BCUT2D eigenvalue weighted by atomic mass is 16.5. The molecule has 28 heavy (non-hydrogen) atoms. The minimum Gasteiger partial charge on any atom is -0.375 e. The third-order valence-corrected chi connectivity index (χ3v) is 4.29. The highest BCUT2D eigenvalue weighted by Crippen LogP contribution is 2.16. The van der Waals surface area contributed by atoms with Crippen LogP contribution in [0, 0.1) is 0 Å². The van der Waals surface area contributed by atoms with Crippen molar-refractivity contribution < 1.29 is 14.3 Å². The molecule has 1 atom stereocenters. The van der Waals surface area contributed by atoms with Crippen molar-refractivity contribution in [1.29, 1.82) is 0 Å². The summed E-state index contributed by atoms with van der Waals surface area (Å²) in [5.41, 5.74) is 1.28. The third kappa shape index (κ3) is 5.65. The van der Waals surface area contributed by atoms with Gasteiger partial charge in [-0.15, -0.1) is 0 Å². The number of nitrogens with one attached hydrogen (secondary N) is 3. The van der Waals surface area contributed by atoms with Crippen molar-refractivity contribution in [3.63, 3.8) is 0 Å². The number of anilines is 3. The molecule has 0 bridgehead atoms. The van der Waals surface area contributed by atoms with Gasteiger partial charge in [-0.1, -0.05) is 0 Å². The molecule has 2 heterocycles. The van der Waals surface area contributed by atoms with Crippen molar-refractivity contribution in [2.45, 2.75) is 18.9 Å². The van der Waals surface area contributed by atoms with Crippen LogP contribution in [0.5, 0.6) is 0 Å². The zero-order valence-corrected chi connectivity index (χ0v) is 15.7. The topological polar surface area (TPSA) is 108 Å². The Hall–Kier alpha value is -3.20. The first-order valence-corrected chi connectivity index (χ1v) is 9.12. The molecule has 0 radical (unpaired) electrons. The van der Waals surface area contributed by atoms with Crippen molar-refractivity contribution in [1.82, 2.24) is 15.3 Å². The predicted octanol–water partition coefficient (Wildman–Crippen LogP) is 1.85. The lowest BCUT2D eigenvalue weighted by Gasteiger charge is -2.33. The summed E-state index contributed by atoms with van der Waals surface area (Å²) in [6, 6.07) is 8.43. The number of rotatable bonds is 6. The Morgan fingerprint density at radius 1 is 1.14 bits per heavy atom. The summed E-state index contributed by atoms with van der Waals surface area (Å²) in [4.78, 5) is 34.4. The van der Waals surface area contributed by atoms with E-state index in [0.29, 0.717) is 23.9 Å². The molecule has 3 amide bonds. The number of ether oxygens (including phenoxy) is 1. The number of methoxy groups -OCH3 is 1. The first-order chi connectivity index (χ1) is 13.6. The van der Waals surface area contributed by atoms with Crippen LogP contribution in [0.3, 0.4) is 0 Å². The average molecular weight is 384 g/mol. The number of benzene rings is 1. The third-order valence-electron chi connectivity index (χ3n) is 4.29. The molecule has 1 aromatic carbocycles. The molecule has 1 unspecified atom stereocenters. The number of urea groups is 1. The number of carbonyl (C=O) groups excluding carboxylic acids is 2. The second-order valence-electron chi connectivity index (χ2n) is 6.49. The maximum Gasteiger partial charge on any atom is 0.319 e. The molecule has 3 N–H and O–H groups in total. The van der Waals surface area contributed by atoms with E-state index < -0.39 is 0 Å².